The Balaban J connectivity index is 3.13. The minimum Gasteiger partial charge on any atom is -0.103 e. The van der Waals surface area contributed by atoms with Crippen molar-refractivity contribution in [2.75, 3.05) is 0 Å². The molecule has 0 aliphatic heterocycles. The summed E-state index contributed by atoms with van der Waals surface area (Å²) in [4.78, 5) is 0. The molecule has 25 heavy (non-hydrogen) atoms. The van der Waals surface area contributed by atoms with E-state index in [0.717, 1.165) is 0 Å². The summed E-state index contributed by atoms with van der Waals surface area (Å²) in [6.07, 6.45) is 36.0. The second-order valence-corrected chi connectivity index (χ2v) is 7.42. The Morgan fingerprint density at radius 2 is 0.760 bits per heavy atom. The first-order valence-electron chi connectivity index (χ1n) is 11.3. The Kier molecular flexibility index (Phi) is 22.5. The van der Waals surface area contributed by atoms with Crippen molar-refractivity contribution in [1.82, 2.24) is 0 Å². The van der Waals surface area contributed by atoms with Gasteiger partial charge in [-0.15, -0.1) is 6.58 Å². The van der Waals surface area contributed by atoms with E-state index in [2.05, 4.69) is 37.8 Å². The number of hydrogen-bond acceptors (Lipinski definition) is 0. The van der Waals surface area contributed by atoms with Crippen LogP contribution in [0.15, 0.2) is 37.0 Å². The van der Waals surface area contributed by atoms with E-state index in [1.165, 1.54) is 116 Å². The molecule has 0 fully saturated rings. The van der Waals surface area contributed by atoms with Crippen molar-refractivity contribution in [2.45, 2.75) is 122 Å². The molecule has 0 aromatic rings. The van der Waals surface area contributed by atoms with Crippen LogP contribution in [0.1, 0.15) is 122 Å². The van der Waals surface area contributed by atoms with Crippen LogP contribution in [0.3, 0.4) is 0 Å². The molecular formula is C25H46. The molecule has 0 nitrogen and oxygen atoms in total. The monoisotopic (exact) mass is 346 g/mol. The van der Waals surface area contributed by atoms with Gasteiger partial charge in [0.25, 0.3) is 0 Å². The zero-order valence-electron chi connectivity index (χ0n) is 17.3. The predicted molar refractivity (Wildman–Crippen MR) is 117 cm³/mol. The van der Waals surface area contributed by atoms with E-state index in [4.69, 9.17) is 0 Å². The predicted octanol–water partition coefficient (Wildman–Crippen LogP) is 9.33. The first-order chi connectivity index (χ1) is 12.4. The van der Waals surface area contributed by atoms with Crippen LogP contribution >= 0.6 is 0 Å². The fourth-order valence-electron chi connectivity index (χ4n) is 3.12. The quantitative estimate of drug-likeness (QED) is 0.152. The topological polar surface area (TPSA) is 0 Å². The van der Waals surface area contributed by atoms with Crippen molar-refractivity contribution in [1.29, 1.82) is 0 Å². The maximum atomic E-state index is 3.76. The minimum atomic E-state index is 1.17. The summed E-state index contributed by atoms with van der Waals surface area (Å²) in [5.41, 5.74) is 0. The van der Waals surface area contributed by atoms with Gasteiger partial charge in [0, 0.05) is 0 Å². The molecule has 0 amide bonds. The molecule has 0 aliphatic carbocycles. The van der Waals surface area contributed by atoms with E-state index in [0.29, 0.717) is 0 Å². The third-order valence-corrected chi connectivity index (χ3v) is 4.83. The van der Waals surface area contributed by atoms with Gasteiger partial charge in [-0.25, -0.2) is 0 Å². The summed E-state index contributed by atoms with van der Waals surface area (Å²) < 4.78 is 0. The van der Waals surface area contributed by atoms with Crippen LogP contribution in [0.2, 0.25) is 0 Å². The Morgan fingerprint density at radius 1 is 0.440 bits per heavy atom. The summed E-state index contributed by atoms with van der Waals surface area (Å²) in [6.45, 7) is 6.05. The average molecular weight is 347 g/mol. The summed E-state index contributed by atoms with van der Waals surface area (Å²) in [6, 6.07) is 0. The lowest BCUT2D eigenvalue weighted by Gasteiger charge is -2.00. The van der Waals surface area contributed by atoms with Crippen LogP contribution in [0, 0.1) is 0 Å². The SMILES string of the molecule is C=CCCCC/C=C/CCCC/C=C\CCCCCCCCCCC. The highest BCUT2D eigenvalue weighted by atomic mass is 14.0. The van der Waals surface area contributed by atoms with Gasteiger partial charge in [0.15, 0.2) is 0 Å². The molecule has 0 saturated carbocycles. The molecular weight excluding hydrogens is 300 g/mol. The lowest BCUT2D eigenvalue weighted by molar-refractivity contribution is 0.566. The van der Waals surface area contributed by atoms with Crippen LogP contribution in [-0.4, -0.2) is 0 Å². The normalized spacial score (nSPS) is 11.7. The Labute approximate surface area is 159 Å². The minimum absolute atomic E-state index is 1.17. The molecule has 0 heteroatoms. The number of hydrogen-bond donors (Lipinski definition) is 0. The van der Waals surface area contributed by atoms with E-state index in [1.54, 1.807) is 0 Å². The molecule has 0 aromatic carbocycles. The van der Waals surface area contributed by atoms with Gasteiger partial charge in [-0.1, -0.05) is 88.7 Å². The molecule has 0 aliphatic rings. The van der Waals surface area contributed by atoms with Crippen LogP contribution < -0.4 is 0 Å². The Morgan fingerprint density at radius 3 is 1.16 bits per heavy atom. The third kappa shape index (κ3) is 23.2. The van der Waals surface area contributed by atoms with Crippen LogP contribution in [0.5, 0.6) is 0 Å². The van der Waals surface area contributed by atoms with Crippen LogP contribution in [0.25, 0.3) is 0 Å². The number of allylic oxidation sites excluding steroid dienone is 5. The molecule has 0 saturated heterocycles. The summed E-state index contributed by atoms with van der Waals surface area (Å²) >= 11 is 0. The third-order valence-electron chi connectivity index (χ3n) is 4.83. The van der Waals surface area contributed by atoms with Gasteiger partial charge >= 0.3 is 0 Å². The van der Waals surface area contributed by atoms with E-state index >= 15 is 0 Å². The highest BCUT2D eigenvalue weighted by molar-refractivity contribution is 4.84. The molecule has 0 spiro atoms. The van der Waals surface area contributed by atoms with Crippen molar-refractivity contribution in [3.63, 3.8) is 0 Å². The second-order valence-electron chi connectivity index (χ2n) is 7.42. The molecule has 0 N–H and O–H groups in total. The Hall–Kier alpha value is -0.780. The fraction of sp³-hybridized carbons (Fsp3) is 0.760. The first-order valence-corrected chi connectivity index (χ1v) is 11.3. The first kappa shape index (κ1) is 24.2. The Bertz CT molecular complexity index is 297. The van der Waals surface area contributed by atoms with Crippen molar-refractivity contribution in [2.24, 2.45) is 0 Å². The molecule has 0 radical (unpaired) electrons. The van der Waals surface area contributed by atoms with Crippen molar-refractivity contribution in [3.05, 3.63) is 37.0 Å². The maximum Gasteiger partial charge on any atom is -0.0351 e. The van der Waals surface area contributed by atoms with Gasteiger partial charge < -0.3 is 0 Å². The largest absolute Gasteiger partial charge is 0.103 e. The molecule has 0 heterocycles. The van der Waals surface area contributed by atoms with E-state index in [1.807, 2.05) is 6.08 Å². The standard InChI is InChI=1S/C25H46/c1-3-5-7-9-11-13-15-17-19-21-23-25-24-22-20-18-16-14-12-10-8-6-4-2/h3,13,15,24-25H,1,4-12,14,16-23H2,2H3/b15-13+,25-24-. The fourth-order valence-corrected chi connectivity index (χ4v) is 3.12. The van der Waals surface area contributed by atoms with Gasteiger partial charge in [-0.2, -0.15) is 0 Å². The van der Waals surface area contributed by atoms with Crippen molar-refractivity contribution in [3.8, 4) is 0 Å². The van der Waals surface area contributed by atoms with Gasteiger partial charge in [0.1, 0.15) is 0 Å². The van der Waals surface area contributed by atoms with Crippen LogP contribution in [0.4, 0.5) is 0 Å². The van der Waals surface area contributed by atoms with E-state index in [9.17, 15) is 0 Å². The lowest BCUT2D eigenvalue weighted by Crippen LogP contribution is -1.80. The maximum absolute atomic E-state index is 3.76. The van der Waals surface area contributed by atoms with Gasteiger partial charge in [0.05, 0.1) is 0 Å². The van der Waals surface area contributed by atoms with Gasteiger partial charge in [0.2, 0.25) is 0 Å². The second kappa shape index (κ2) is 23.2. The zero-order chi connectivity index (χ0) is 18.3. The lowest BCUT2D eigenvalue weighted by atomic mass is 10.1. The highest BCUT2D eigenvalue weighted by Crippen LogP contribution is 2.11. The molecule has 0 rings (SSSR count). The molecule has 0 bridgehead atoms. The van der Waals surface area contributed by atoms with Gasteiger partial charge in [-0.3, -0.25) is 0 Å². The molecule has 146 valence electrons. The zero-order valence-corrected chi connectivity index (χ0v) is 17.3. The molecule has 0 atom stereocenters. The summed E-state index contributed by atoms with van der Waals surface area (Å²) in [7, 11) is 0. The van der Waals surface area contributed by atoms with Gasteiger partial charge in [-0.05, 0) is 64.2 Å². The van der Waals surface area contributed by atoms with Crippen molar-refractivity contribution < 1.29 is 0 Å². The van der Waals surface area contributed by atoms with Crippen LogP contribution in [-0.2, 0) is 0 Å². The summed E-state index contributed by atoms with van der Waals surface area (Å²) in [5.74, 6) is 0. The molecule has 0 aromatic heterocycles. The average Bonchev–Trinajstić information content (AvgIpc) is 2.63. The smallest absolute Gasteiger partial charge is 0.0351 e. The number of rotatable bonds is 20. The van der Waals surface area contributed by atoms with E-state index in [-0.39, 0.29) is 0 Å². The van der Waals surface area contributed by atoms with Crippen molar-refractivity contribution >= 4 is 0 Å². The summed E-state index contributed by atoms with van der Waals surface area (Å²) in [5, 5.41) is 0. The number of unbranched alkanes of at least 4 members (excludes halogenated alkanes) is 15. The highest BCUT2D eigenvalue weighted by Gasteiger charge is 1.91. The van der Waals surface area contributed by atoms with E-state index < -0.39 is 0 Å². The molecule has 0 unspecified atom stereocenters.